The molecule has 2 atom stereocenters. The van der Waals surface area contributed by atoms with Crippen LogP contribution in [0.5, 0.6) is 23.0 Å². The second-order valence-corrected chi connectivity index (χ2v) is 13.8. The van der Waals surface area contributed by atoms with E-state index < -0.39 is 29.8 Å². The summed E-state index contributed by atoms with van der Waals surface area (Å²) in [5, 5.41) is 59.0. The van der Waals surface area contributed by atoms with Gasteiger partial charge in [0.05, 0.1) is 6.61 Å². The maximum absolute atomic E-state index is 14.6. The molecule has 2 amide bonds. The highest BCUT2D eigenvalue weighted by Gasteiger charge is 2.45. The second kappa shape index (κ2) is 17.4. The monoisotopic (exact) mass is 808 g/mol. The molecule has 0 spiro atoms. The van der Waals surface area contributed by atoms with Crippen LogP contribution in [0.2, 0.25) is 10.0 Å². The lowest BCUT2D eigenvalue weighted by Crippen LogP contribution is -2.47. The Labute approximate surface area is 338 Å². The molecule has 13 heteroatoms. The number of ether oxygens (including phenoxy) is 2. The van der Waals surface area contributed by atoms with Gasteiger partial charge in [-0.25, -0.2) is 0 Å². The summed E-state index contributed by atoms with van der Waals surface area (Å²) in [5.41, 5.74) is 0.785. The largest absolute Gasteiger partial charge is 0.504 e. The van der Waals surface area contributed by atoms with E-state index in [1.165, 1.54) is 48.5 Å². The normalized spacial score (nSPS) is 13.3. The molecule has 0 aliphatic carbocycles. The van der Waals surface area contributed by atoms with Gasteiger partial charge in [-0.05, 0) is 84.3 Å². The van der Waals surface area contributed by atoms with Crippen molar-refractivity contribution in [2.75, 3.05) is 23.8 Å². The van der Waals surface area contributed by atoms with Crippen molar-refractivity contribution < 1.29 is 44.6 Å². The van der Waals surface area contributed by atoms with E-state index in [9.17, 15) is 35.1 Å². The lowest BCUT2D eigenvalue weighted by Gasteiger charge is -2.34. The van der Waals surface area contributed by atoms with Gasteiger partial charge in [0.15, 0.2) is 28.6 Å². The van der Waals surface area contributed by atoms with Crippen LogP contribution in [0.4, 0.5) is 11.4 Å². The van der Waals surface area contributed by atoms with E-state index in [-0.39, 0.29) is 47.2 Å². The molecule has 7 N–H and O–H groups in total. The average Bonchev–Trinajstić information content (AvgIpc) is 3.20. The Hall–Kier alpha value is -6.08. The molecule has 2 unspecified atom stereocenters. The zero-order valence-corrected chi connectivity index (χ0v) is 32.0. The maximum atomic E-state index is 14.6. The highest BCUT2D eigenvalue weighted by molar-refractivity contribution is 6.30. The minimum Gasteiger partial charge on any atom is -0.504 e. The summed E-state index contributed by atoms with van der Waals surface area (Å²) in [7, 11) is 0. The molecule has 6 rings (SSSR count). The first kappa shape index (κ1) is 40.6. The van der Waals surface area contributed by atoms with Crippen LogP contribution < -0.4 is 10.6 Å². The van der Waals surface area contributed by atoms with Crippen LogP contribution >= 0.6 is 23.2 Å². The first-order valence-corrected chi connectivity index (χ1v) is 18.5. The Morgan fingerprint density at radius 3 is 1.51 bits per heavy atom. The van der Waals surface area contributed by atoms with Gasteiger partial charge in [0.2, 0.25) is 0 Å². The van der Waals surface area contributed by atoms with Gasteiger partial charge in [-0.1, -0.05) is 96.0 Å². The Morgan fingerprint density at radius 2 is 1.04 bits per heavy atom. The van der Waals surface area contributed by atoms with Crippen LogP contribution in [0.25, 0.3) is 22.3 Å². The number of para-hydroxylation sites is 2. The molecule has 0 saturated carbocycles. The predicted octanol–water partition coefficient (Wildman–Crippen LogP) is 8.91. The van der Waals surface area contributed by atoms with Gasteiger partial charge in [-0.15, -0.1) is 0 Å². The van der Waals surface area contributed by atoms with Crippen molar-refractivity contribution in [3.8, 4) is 45.3 Å². The lowest BCUT2D eigenvalue weighted by molar-refractivity contribution is -0.236. The topological polar surface area (TPSA) is 178 Å². The van der Waals surface area contributed by atoms with Crippen molar-refractivity contribution in [3.63, 3.8) is 0 Å². The number of carbonyl (C=O) groups excluding carboxylic acids is 2. The molecular formula is C44H38Cl2N2O9. The van der Waals surface area contributed by atoms with Gasteiger partial charge in [-0.2, -0.15) is 0 Å². The van der Waals surface area contributed by atoms with E-state index in [0.29, 0.717) is 43.7 Å². The van der Waals surface area contributed by atoms with Gasteiger partial charge >= 0.3 is 0 Å². The first-order chi connectivity index (χ1) is 27.3. The summed E-state index contributed by atoms with van der Waals surface area (Å²) < 4.78 is 12.6. The molecule has 0 fully saturated rings. The summed E-state index contributed by atoms with van der Waals surface area (Å²) in [5.74, 6) is -5.05. The number of halogens is 2. The minimum atomic E-state index is -2.27. The third-order valence-electron chi connectivity index (χ3n) is 9.26. The van der Waals surface area contributed by atoms with Crippen molar-refractivity contribution >= 4 is 46.4 Å². The van der Waals surface area contributed by atoms with E-state index >= 15 is 0 Å². The molecule has 292 valence electrons. The molecule has 0 heterocycles. The van der Waals surface area contributed by atoms with Gasteiger partial charge in [-0.3, -0.25) is 9.59 Å². The number of anilines is 2. The summed E-state index contributed by atoms with van der Waals surface area (Å²) in [6, 6.07) is 34.4. The maximum Gasteiger partial charge on any atom is 0.289 e. The molecule has 0 aromatic heterocycles. The van der Waals surface area contributed by atoms with E-state index in [1.807, 2.05) is 0 Å². The number of hydrogen-bond acceptors (Lipinski definition) is 9. The van der Waals surface area contributed by atoms with Crippen LogP contribution in [0.15, 0.2) is 133 Å². The van der Waals surface area contributed by atoms with Crippen molar-refractivity contribution in [1.29, 1.82) is 0 Å². The summed E-state index contributed by atoms with van der Waals surface area (Å²) >= 11 is 12.4. The molecule has 11 nitrogen and oxygen atoms in total. The quantitative estimate of drug-likeness (QED) is 0.0418. The fraction of sp³-hybridized carbons (Fsp3) is 0.136. The number of aromatic hydroxyl groups is 4. The zero-order chi connectivity index (χ0) is 40.7. The molecule has 0 bridgehead atoms. The van der Waals surface area contributed by atoms with Crippen molar-refractivity contribution in [2.24, 2.45) is 0 Å². The summed E-state index contributed by atoms with van der Waals surface area (Å²) in [4.78, 5) is 28.9. The number of rotatable bonds is 14. The van der Waals surface area contributed by atoms with E-state index in [1.54, 1.807) is 91.9 Å². The summed E-state index contributed by atoms with van der Waals surface area (Å²) in [6.45, 7) is 1.26. The number of phenols is 4. The third-order valence-corrected chi connectivity index (χ3v) is 9.76. The Morgan fingerprint density at radius 1 is 0.579 bits per heavy atom. The number of nitrogens with one attached hydrogen (secondary N) is 2. The number of hydrogen-bond donors (Lipinski definition) is 7. The Bertz CT molecular complexity index is 2390. The number of amides is 2. The number of benzene rings is 6. The molecular weight excluding hydrogens is 771 g/mol. The smallest absolute Gasteiger partial charge is 0.289 e. The molecule has 0 aliphatic heterocycles. The SMILES string of the molecule is CCOC(OCCC(O)(C(=O)Nc1ccccc1-c1ccc(O)c(O)c1)c1ccc(Cl)cc1)(C(=O)Nc1ccccc1-c1ccc(O)c(O)c1)c1ccc(Cl)cc1. The molecule has 6 aromatic carbocycles. The van der Waals surface area contributed by atoms with Crippen LogP contribution in [0.1, 0.15) is 24.5 Å². The average molecular weight is 810 g/mol. The fourth-order valence-corrected chi connectivity index (χ4v) is 6.55. The fourth-order valence-electron chi connectivity index (χ4n) is 6.30. The highest BCUT2D eigenvalue weighted by atomic mass is 35.5. The Kier molecular flexibility index (Phi) is 12.4. The van der Waals surface area contributed by atoms with Crippen LogP contribution in [-0.4, -0.2) is 50.6 Å². The van der Waals surface area contributed by atoms with Crippen LogP contribution in [-0.2, 0) is 30.5 Å². The molecule has 0 radical (unpaired) electrons. The molecule has 6 aromatic rings. The Balaban J connectivity index is 1.34. The van der Waals surface area contributed by atoms with Gasteiger partial charge in [0.1, 0.15) is 0 Å². The van der Waals surface area contributed by atoms with E-state index in [2.05, 4.69) is 10.6 Å². The third kappa shape index (κ3) is 8.83. The summed E-state index contributed by atoms with van der Waals surface area (Å²) in [6.07, 6.45) is -0.387. The van der Waals surface area contributed by atoms with E-state index in [0.717, 1.165) is 0 Å². The van der Waals surface area contributed by atoms with Crippen molar-refractivity contribution in [2.45, 2.75) is 24.7 Å². The number of carbonyl (C=O) groups is 2. The predicted molar refractivity (Wildman–Crippen MR) is 218 cm³/mol. The number of aliphatic hydroxyl groups is 1. The second-order valence-electron chi connectivity index (χ2n) is 12.9. The zero-order valence-electron chi connectivity index (χ0n) is 30.4. The lowest BCUT2D eigenvalue weighted by atomic mass is 9.89. The van der Waals surface area contributed by atoms with Gasteiger partial charge in [0, 0.05) is 51.1 Å². The molecule has 0 aliphatic rings. The number of phenolic OH excluding ortho intramolecular Hbond substituents is 4. The first-order valence-electron chi connectivity index (χ1n) is 17.7. The van der Waals surface area contributed by atoms with Gasteiger partial charge < -0.3 is 45.6 Å². The van der Waals surface area contributed by atoms with Gasteiger partial charge in [0.25, 0.3) is 17.6 Å². The standard InChI is InChI=1S/C44H38Cl2N2O9/c1-2-56-44(30-15-19-32(46)20-16-30,42(54)48-36-10-6-4-8-34(36)28-12-22-38(50)40(52)26-28)57-24-23-43(55,29-13-17-31(45)18-14-29)41(53)47-35-9-5-3-7-33(35)27-11-21-37(49)39(51)25-27/h3-22,25-26,49-52,55H,2,23-24H2,1H3,(H,47,53)(H,48,54). The molecule has 0 saturated heterocycles. The highest BCUT2D eigenvalue weighted by Crippen LogP contribution is 2.39. The molecule has 57 heavy (non-hydrogen) atoms. The van der Waals surface area contributed by atoms with Crippen LogP contribution in [0, 0.1) is 0 Å². The van der Waals surface area contributed by atoms with E-state index in [4.69, 9.17) is 32.7 Å². The van der Waals surface area contributed by atoms with Crippen LogP contribution in [0.3, 0.4) is 0 Å². The minimum absolute atomic E-state index is 0.00490. The van der Waals surface area contributed by atoms with Crippen molar-refractivity contribution in [1.82, 2.24) is 0 Å². The van der Waals surface area contributed by atoms with Crippen molar-refractivity contribution in [3.05, 3.63) is 155 Å².